The highest BCUT2D eigenvalue weighted by Crippen LogP contribution is 2.06. The molecule has 0 bridgehead atoms. The molecule has 0 aliphatic heterocycles. The third-order valence-electron chi connectivity index (χ3n) is 1.66. The minimum Gasteiger partial charge on any atom is -0.387 e. The van der Waals surface area contributed by atoms with E-state index >= 15 is 0 Å². The first-order chi connectivity index (χ1) is 4.26. The molecular formula is C7H16N2. The van der Waals surface area contributed by atoms with Crippen LogP contribution in [-0.2, 0) is 0 Å². The van der Waals surface area contributed by atoms with Gasteiger partial charge >= 0.3 is 0 Å². The molecule has 0 aromatic carbocycles. The molecule has 0 atom stereocenters. The highest BCUT2D eigenvalue weighted by atomic mass is 14.8. The predicted octanol–water partition coefficient (Wildman–Crippen LogP) is 1.41. The minimum atomic E-state index is 0.495. The van der Waals surface area contributed by atoms with Crippen LogP contribution < -0.4 is 5.73 Å². The summed E-state index contributed by atoms with van der Waals surface area (Å²) in [6, 6.07) is 0. The summed E-state index contributed by atoms with van der Waals surface area (Å²) in [4.78, 5) is 3.92. The minimum absolute atomic E-state index is 0.495. The van der Waals surface area contributed by atoms with E-state index in [9.17, 15) is 0 Å². The summed E-state index contributed by atoms with van der Waals surface area (Å²) >= 11 is 0. The molecule has 0 heterocycles. The topological polar surface area (TPSA) is 38.4 Å². The molecule has 0 aromatic heterocycles. The molecule has 0 aromatic rings. The third-order valence-corrected chi connectivity index (χ3v) is 1.66. The van der Waals surface area contributed by atoms with E-state index in [1.807, 2.05) is 0 Å². The van der Waals surface area contributed by atoms with Gasteiger partial charge in [0.15, 0.2) is 0 Å². The van der Waals surface area contributed by atoms with Crippen LogP contribution in [0.2, 0.25) is 0 Å². The van der Waals surface area contributed by atoms with Crippen molar-refractivity contribution in [3.63, 3.8) is 0 Å². The fourth-order valence-corrected chi connectivity index (χ4v) is 0.890. The molecule has 0 radical (unpaired) electrons. The molecule has 0 unspecified atom stereocenters. The fraction of sp³-hybridized carbons (Fsp3) is 0.857. The average Bonchev–Trinajstić information content (AvgIpc) is 1.90. The van der Waals surface area contributed by atoms with Crippen LogP contribution in [0.1, 0.15) is 26.7 Å². The molecule has 2 nitrogen and oxygen atoms in total. The van der Waals surface area contributed by atoms with Gasteiger partial charge in [-0.3, -0.25) is 4.99 Å². The van der Waals surface area contributed by atoms with Crippen LogP contribution in [0, 0.1) is 5.92 Å². The van der Waals surface area contributed by atoms with Gasteiger partial charge in [-0.1, -0.05) is 13.8 Å². The molecule has 0 aliphatic rings. The molecule has 9 heavy (non-hydrogen) atoms. The second-order valence-corrected chi connectivity index (χ2v) is 2.16. The summed E-state index contributed by atoms with van der Waals surface area (Å²) < 4.78 is 0. The van der Waals surface area contributed by atoms with E-state index < -0.39 is 0 Å². The average molecular weight is 128 g/mol. The number of nitrogens with zero attached hydrogens (tertiary/aromatic N) is 1. The monoisotopic (exact) mass is 128 g/mol. The van der Waals surface area contributed by atoms with Gasteiger partial charge in [-0.05, 0) is 12.8 Å². The number of hydrogen-bond acceptors (Lipinski definition) is 1. The molecule has 0 spiro atoms. The lowest BCUT2D eigenvalue weighted by Crippen LogP contribution is -2.22. The second-order valence-electron chi connectivity index (χ2n) is 2.16. The number of nitrogens with two attached hydrogens (primary N) is 1. The smallest absolute Gasteiger partial charge is 0.0964 e. The lowest BCUT2D eigenvalue weighted by atomic mass is 10.0. The SMILES string of the molecule is CCC(CC)/C(N)=N/C. The molecule has 54 valence electrons. The van der Waals surface area contributed by atoms with Crippen LogP contribution in [0.5, 0.6) is 0 Å². The quantitative estimate of drug-likeness (QED) is 0.453. The van der Waals surface area contributed by atoms with Crippen molar-refractivity contribution in [2.75, 3.05) is 7.05 Å². The summed E-state index contributed by atoms with van der Waals surface area (Å²) in [5.41, 5.74) is 5.59. The van der Waals surface area contributed by atoms with Crippen LogP contribution in [0.25, 0.3) is 0 Å². The first-order valence-electron chi connectivity index (χ1n) is 3.48. The zero-order valence-corrected chi connectivity index (χ0v) is 6.52. The van der Waals surface area contributed by atoms with Crippen LogP contribution in [-0.4, -0.2) is 12.9 Å². The molecule has 0 amide bonds. The maximum atomic E-state index is 5.59. The number of amidine groups is 1. The second kappa shape index (κ2) is 4.36. The van der Waals surface area contributed by atoms with Gasteiger partial charge in [-0.25, -0.2) is 0 Å². The number of aliphatic imine (C=N–C) groups is 1. The van der Waals surface area contributed by atoms with Crippen molar-refractivity contribution in [2.24, 2.45) is 16.6 Å². The van der Waals surface area contributed by atoms with Gasteiger partial charge in [0.1, 0.15) is 0 Å². The summed E-state index contributed by atoms with van der Waals surface area (Å²) in [6.07, 6.45) is 2.19. The predicted molar refractivity (Wildman–Crippen MR) is 41.6 cm³/mol. The summed E-state index contributed by atoms with van der Waals surface area (Å²) in [6.45, 7) is 4.26. The summed E-state index contributed by atoms with van der Waals surface area (Å²) in [5.74, 6) is 1.29. The van der Waals surface area contributed by atoms with E-state index in [0.29, 0.717) is 5.92 Å². The Labute approximate surface area is 57.2 Å². The van der Waals surface area contributed by atoms with E-state index in [2.05, 4.69) is 18.8 Å². The van der Waals surface area contributed by atoms with Gasteiger partial charge in [0.25, 0.3) is 0 Å². The highest BCUT2D eigenvalue weighted by molar-refractivity contribution is 5.82. The van der Waals surface area contributed by atoms with Gasteiger partial charge in [0, 0.05) is 13.0 Å². The Bertz CT molecular complexity index is 93.1. The van der Waals surface area contributed by atoms with E-state index in [4.69, 9.17) is 5.73 Å². The number of rotatable bonds is 3. The molecular weight excluding hydrogens is 112 g/mol. The Balaban J connectivity index is 3.79. The molecule has 0 fully saturated rings. The van der Waals surface area contributed by atoms with Gasteiger partial charge in [0.05, 0.1) is 5.84 Å². The fourth-order valence-electron chi connectivity index (χ4n) is 0.890. The van der Waals surface area contributed by atoms with E-state index in [-0.39, 0.29) is 0 Å². The molecule has 2 heteroatoms. The van der Waals surface area contributed by atoms with E-state index in [1.54, 1.807) is 7.05 Å². The molecule has 2 N–H and O–H groups in total. The van der Waals surface area contributed by atoms with Crippen molar-refractivity contribution in [3.05, 3.63) is 0 Å². The summed E-state index contributed by atoms with van der Waals surface area (Å²) in [7, 11) is 1.74. The molecule has 0 rings (SSSR count). The molecule has 0 saturated heterocycles. The Hall–Kier alpha value is -0.530. The van der Waals surface area contributed by atoms with Gasteiger partial charge < -0.3 is 5.73 Å². The standard InChI is InChI=1S/C7H16N2/c1-4-6(5-2)7(8)9-3/h6H,4-5H2,1-3H3,(H2,8,9). The van der Waals surface area contributed by atoms with Crippen LogP contribution in [0.3, 0.4) is 0 Å². The van der Waals surface area contributed by atoms with Crippen molar-refractivity contribution >= 4 is 5.84 Å². The van der Waals surface area contributed by atoms with Gasteiger partial charge in [0.2, 0.25) is 0 Å². The highest BCUT2D eigenvalue weighted by Gasteiger charge is 2.05. The Morgan fingerprint density at radius 3 is 2.00 bits per heavy atom. The van der Waals surface area contributed by atoms with Crippen molar-refractivity contribution in [3.8, 4) is 0 Å². The van der Waals surface area contributed by atoms with E-state index in [0.717, 1.165) is 18.7 Å². The van der Waals surface area contributed by atoms with Crippen molar-refractivity contribution < 1.29 is 0 Å². The van der Waals surface area contributed by atoms with E-state index in [1.165, 1.54) is 0 Å². The van der Waals surface area contributed by atoms with Crippen molar-refractivity contribution in [2.45, 2.75) is 26.7 Å². The first-order valence-corrected chi connectivity index (χ1v) is 3.48. The molecule has 0 saturated carbocycles. The Morgan fingerprint density at radius 2 is 1.89 bits per heavy atom. The van der Waals surface area contributed by atoms with Crippen LogP contribution in [0.15, 0.2) is 4.99 Å². The lowest BCUT2D eigenvalue weighted by molar-refractivity contribution is 0.636. The maximum Gasteiger partial charge on any atom is 0.0964 e. The zero-order chi connectivity index (χ0) is 7.28. The Kier molecular flexibility index (Phi) is 4.10. The van der Waals surface area contributed by atoms with Crippen molar-refractivity contribution in [1.82, 2.24) is 0 Å². The normalized spacial score (nSPS) is 12.7. The van der Waals surface area contributed by atoms with Gasteiger partial charge in [-0.2, -0.15) is 0 Å². The third kappa shape index (κ3) is 2.49. The number of hydrogen-bond donors (Lipinski definition) is 1. The van der Waals surface area contributed by atoms with Gasteiger partial charge in [-0.15, -0.1) is 0 Å². The zero-order valence-electron chi connectivity index (χ0n) is 6.52. The first kappa shape index (κ1) is 8.47. The lowest BCUT2D eigenvalue weighted by Gasteiger charge is -2.09. The van der Waals surface area contributed by atoms with Crippen LogP contribution >= 0.6 is 0 Å². The van der Waals surface area contributed by atoms with Crippen molar-refractivity contribution in [1.29, 1.82) is 0 Å². The summed E-state index contributed by atoms with van der Waals surface area (Å²) in [5, 5.41) is 0. The maximum absolute atomic E-state index is 5.59. The largest absolute Gasteiger partial charge is 0.387 e. The molecule has 0 aliphatic carbocycles. The van der Waals surface area contributed by atoms with Crippen LogP contribution in [0.4, 0.5) is 0 Å². The Morgan fingerprint density at radius 1 is 1.44 bits per heavy atom.